The van der Waals surface area contributed by atoms with Gasteiger partial charge in [-0.1, -0.05) is 18.2 Å². The molecule has 1 aromatic carbocycles. The lowest BCUT2D eigenvalue weighted by molar-refractivity contribution is -0.0504. The largest absolute Gasteiger partial charge is 0.434 e. The predicted octanol–water partition coefficient (Wildman–Crippen LogP) is 5.75. The second-order valence-electron chi connectivity index (χ2n) is 3.85. The smallest absolute Gasteiger partial charge is 0.387 e. The Morgan fingerprint density at radius 3 is 2.58 bits per heavy atom. The van der Waals surface area contributed by atoms with Gasteiger partial charge in [-0.05, 0) is 35.0 Å². The molecule has 1 nitrogen and oxygen atoms in total. The van der Waals surface area contributed by atoms with Gasteiger partial charge < -0.3 is 4.74 Å². The van der Waals surface area contributed by atoms with Crippen LogP contribution in [-0.2, 0) is 0 Å². The molecule has 0 N–H and O–H groups in total. The minimum atomic E-state index is -2.86. The van der Waals surface area contributed by atoms with Gasteiger partial charge in [0.1, 0.15) is 5.75 Å². The summed E-state index contributed by atoms with van der Waals surface area (Å²) in [6, 6.07) is 8.52. The summed E-state index contributed by atoms with van der Waals surface area (Å²) in [5.41, 5.74) is 0.534. The zero-order chi connectivity index (χ0) is 14.0. The minimum absolute atomic E-state index is 0.107. The third kappa shape index (κ3) is 3.46. The summed E-state index contributed by atoms with van der Waals surface area (Å²) in [7, 11) is 0. The highest BCUT2D eigenvalue weighted by Crippen LogP contribution is 2.42. The van der Waals surface area contributed by atoms with Crippen molar-refractivity contribution in [3.05, 3.63) is 50.1 Å². The number of aryl methyl sites for hydroxylation is 1. The van der Waals surface area contributed by atoms with Gasteiger partial charge in [-0.25, -0.2) is 0 Å². The maximum atomic E-state index is 12.4. The van der Waals surface area contributed by atoms with Crippen LogP contribution in [0.4, 0.5) is 8.78 Å². The molecule has 0 amide bonds. The van der Waals surface area contributed by atoms with Crippen molar-refractivity contribution >= 4 is 38.9 Å². The SMILES string of the molecule is Cc1cc(Br)c(C(Cl)c2ccccc2OC(F)F)s1. The Hall–Kier alpha value is -0.650. The third-order valence-electron chi connectivity index (χ3n) is 2.47. The van der Waals surface area contributed by atoms with Gasteiger partial charge in [-0.3, -0.25) is 0 Å². The molecular weight excluding hydrogens is 358 g/mol. The van der Waals surface area contributed by atoms with Crippen molar-refractivity contribution in [3.8, 4) is 5.75 Å². The van der Waals surface area contributed by atoms with Crippen LogP contribution in [0.1, 0.15) is 20.7 Å². The second-order valence-corrected chi connectivity index (χ2v) is 6.43. The molecule has 6 heteroatoms. The Morgan fingerprint density at radius 1 is 1.32 bits per heavy atom. The lowest BCUT2D eigenvalue weighted by Gasteiger charge is -2.14. The molecule has 19 heavy (non-hydrogen) atoms. The number of para-hydroxylation sites is 1. The standard InChI is InChI=1S/C13H10BrClF2OS/c1-7-6-9(14)12(19-7)11(15)8-4-2-3-5-10(8)18-13(16)17/h2-6,11,13H,1H3. The van der Waals surface area contributed by atoms with Gasteiger partial charge in [0.2, 0.25) is 0 Å². The van der Waals surface area contributed by atoms with E-state index in [1.165, 1.54) is 17.4 Å². The van der Waals surface area contributed by atoms with Crippen LogP contribution < -0.4 is 4.74 Å². The van der Waals surface area contributed by atoms with Crippen LogP contribution in [0, 0.1) is 6.92 Å². The van der Waals surface area contributed by atoms with E-state index in [4.69, 9.17) is 11.6 Å². The molecule has 102 valence electrons. The highest BCUT2D eigenvalue weighted by molar-refractivity contribution is 9.10. The van der Waals surface area contributed by atoms with E-state index in [1.54, 1.807) is 18.2 Å². The minimum Gasteiger partial charge on any atom is -0.434 e. The summed E-state index contributed by atoms with van der Waals surface area (Å²) in [6.45, 7) is -0.900. The normalized spacial score (nSPS) is 12.7. The van der Waals surface area contributed by atoms with E-state index < -0.39 is 12.0 Å². The van der Waals surface area contributed by atoms with Crippen LogP contribution in [0.3, 0.4) is 0 Å². The van der Waals surface area contributed by atoms with E-state index in [0.717, 1.165) is 14.2 Å². The number of hydrogen-bond acceptors (Lipinski definition) is 2. The molecule has 0 bridgehead atoms. The van der Waals surface area contributed by atoms with Gasteiger partial charge in [-0.15, -0.1) is 22.9 Å². The predicted molar refractivity (Wildman–Crippen MR) is 77.5 cm³/mol. The highest BCUT2D eigenvalue weighted by atomic mass is 79.9. The second kappa shape index (κ2) is 6.20. The van der Waals surface area contributed by atoms with Crippen LogP contribution in [-0.4, -0.2) is 6.61 Å². The van der Waals surface area contributed by atoms with E-state index in [2.05, 4.69) is 20.7 Å². The zero-order valence-corrected chi connectivity index (χ0v) is 13.0. The Bertz CT molecular complexity index is 574. The molecule has 0 spiro atoms. The molecule has 0 aliphatic carbocycles. The van der Waals surface area contributed by atoms with Gasteiger partial charge in [0, 0.05) is 19.8 Å². The summed E-state index contributed by atoms with van der Waals surface area (Å²) in [5.74, 6) is 0.107. The Morgan fingerprint density at radius 2 is 2.00 bits per heavy atom. The van der Waals surface area contributed by atoms with Crippen molar-refractivity contribution in [1.82, 2.24) is 0 Å². The molecule has 1 atom stereocenters. The number of ether oxygens (including phenoxy) is 1. The van der Waals surface area contributed by atoms with Crippen molar-refractivity contribution in [2.75, 3.05) is 0 Å². The van der Waals surface area contributed by atoms with E-state index in [0.29, 0.717) is 5.56 Å². The first kappa shape index (κ1) is 14.8. The van der Waals surface area contributed by atoms with Crippen molar-refractivity contribution in [1.29, 1.82) is 0 Å². The molecule has 2 rings (SSSR count). The maximum Gasteiger partial charge on any atom is 0.387 e. The van der Waals surface area contributed by atoms with Gasteiger partial charge in [0.15, 0.2) is 0 Å². The first-order valence-electron chi connectivity index (χ1n) is 5.42. The summed E-state index contributed by atoms with van der Waals surface area (Å²) in [4.78, 5) is 1.98. The summed E-state index contributed by atoms with van der Waals surface area (Å²) >= 11 is 11.3. The van der Waals surface area contributed by atoms with Crippen LogP contribution >= 0.6 is 38.9 Å². The Labute approximate surface area is 127 Å². The first-order valence-corrected chi connectivity index (χ1v) is 7.47. The molecule has 0 aliphatic heterocycles. The molecule has 2 aromatic rings. The first-order chi connectivity index (χ1) is 8.99. The molecule has 0 saturated carbocycles. The van der Waals surface area contributed by atoms with Gasteiger partial charge in [-0.2, -0.15) is 8.78 Å². The third-order valence-corrected chi connectivity index (χ3v) is 5.09. The van der Waals surface area contributed by atoms with Crippen molar-refractivity contribution < 1.29 is 13.5 Å². The maximum absolute atomic E-state index is 12.4. The topological polar surface area (TPSA) is 9.23 Å². The molecule has 0 fully saturated rings. The fraction of sp³-hybridized carbons (Fsp3) is 0.231. The number of hydrogen-bond donors (Lipinski definition) is 0. The lowest BCUT2D eigenvalue weighted by atomic mass is 10.1. The number of halogens is 4. The van der Waals surface area contributed by atoms with Crippen LogP contribution in [0.5, 0.6) is 5.75 Å². The fourth-order valence-electron chi connectivity index (χ4n) is 1.71. The quantitative estimate of drug-likeness (QED) is 0.625. The molecule has 1 aromatic heterocycles. The number of thiophene rings is 1. The summed E-state index contributed by atoms with van der Waals surface area (Å²) in [5, 5.41) is -0.525. The van der Waals surface area contributed by atoms with E-state index in [-0.39, 0.29) is 5.75 Å². The number of rotatable bonds is 4. The molecular formula is C13H10BrClF2OS. The van der Waals surface area contributed by atoms with Crippen molar-refractivity contribution in [2.24, 2.45) is 0 Å². The van der Waals surface area contributed by atoms with E-state index >= 15 is 0 Å². The zero-order valence-electron chi connectivity index (χ0n) is 9.87. The number of alkyl halides is 3. The van der Waals surface area contributed by atoms with Gasteiger partial charge in [0.05, 0.1) is 5.38 Å². The average Bonchev–Trinajstić information content (AvgIpc) is 2.67. The lowest BCUT2D eigenvalue weighted by Crippen LogP contribution is -2.05. The van der Waals surface area contributed by atoms with Crippen LogP contribution in [0.25, 0.3) is 0 Å². The summed E-state index contributed by atoms with van der Waals surface area (Å²) in [6.07, 6.45) is 0. The van der Waals surface area contributed by atoms with Crippen LogP contribution in [0.2, 0.25) is 0 Å². The Balaban J connectivity index is 2.38. The van der Waals surface area contributed by atoms with Crippen molar-refractivity contribution in [2.45, 2.75) is 18.9 Å². The van der Waals surface area contributed by atoms with E-state index in [1.807, 2.05) is 13.0 Å². The van der Waals surface area contributed by atoms with Gasteiger partial charge >= 0.3 is 6.61 Å². The highest BCUT2D eigenvalue weighted by Gasteiger charge is 2.21. The fourth-order valence-corrected chi connectivity index (χ4v) is 4.15. The molecule has 0 saturated heterocycles. The average molecular weight is 368 g/mol. The Kier molecular flexibility index (Phi) is 4.81. The van der Waals surface area contributed by atoms with Gasteiger partial charge in [0.25, 0.3) is 0 Å². The molecule has 0 aliphatic rings. The molecule has 1 heterocycles. The van der Waals surface area contributed by atoms with Crippen LogP contribution in [0.15, 0.2) is 34.8 Å². The molecule has 1 unspecified atom stereocenters. The van der Waals surface area contributed by atoms with E-state index in [9.17, 15) is 8.78 Å². The summed E-state index contributed by atoms with van der Waals surface area (Å²) < 4.78 is 30.1. The monoisotopic (exact) mass is 366 g/mol. The number of benzene rings is 1. The molecule has 0 radical (unpaired) electrons. The van der Waals surface area contributed by atoms with Crippen molar-refractivity contribution in [3.63, 3.8) is 0 Å².